The summed E-state index contributed by atoms with van der Waals surface area (Å²) in [6.45, 7) is 2.71. The molecule has 78 valence electrons. The predicted molar refractivity (Wildman–Crippen MR) is 56.8 cm³/mol. The van der Waals surface area contributed by atoms with Crippen LogP contribution in [0.4, 0.5) is 5.82 Å². The van der Waals surface area contributed by atoms with Crippen molar-refractivity contribution in [1.82, 2.24) is 9.97 Å². The summed E-state index contributed by atoms with van der Waals surface area (Å²) in [5.41, 5.74) is 0. The van der Waals surface area contributed by atoms with Crippen LogP contribution in [0.15, 0.2) is 12.4 Å². The zero-order valence-electron chi connectivity index (χ0n) is 8.57. The van der Waals surface area contributed by atoms with Crippen molar-refractivity contribution in [3.05, 3.63) is 17.5 Å². The second kappa shape index (κ2) is 5.12. The molecule has 0 aliphatic carbocycles. The highest BCUT2D eigenvalue weighted by Crippen LogP contribution is 2.14. The molecular weight excluding hydrogens is 202 g/mol. The number of aromatic nitrogens is 2. The second-order valence-corrected chi connectivity index (χ2v) is 3.50. The van der Waals surface area contributed by atoms with E-state index in [1.165, 1.54) is 6.33 Å². The van der Waals surface area contributed by atoms with Crippen molar-refractivity contribution in [3.8, 4) is 0 Å². The number of methoxy groups -OCH3 is 1. The lowest BCUT2D eigenvalue weighted by molar-refractivity contribution is 0.183. The lowest BCUT2D eigenvalue weighted by Crippen LogP contribution is -2.33. The van der Waals surface area contributed by atoms with Crippen molar-refractivity contribution in [2.75, 3.05) is 25.7 Å². The van der Waals surface area contributed by atoms with Gasteiger partial charge < -0.3 is 9.64 Å². The summed E-state index contributed by atoms with van der Waals surface area (Å²) in [5.74, 6) is 0.801. The van der Waals surface area contributed by atoms with Crippen molar-refractivity contribution in [2.45, 2.75) is 13.0 Å². The van der Waals surface area contributed by atoms with Crippen LogP contribution in [0.25, 0.3) is 0 Å². The summed E-state index contributed by atoms with van der Waals surface area (Å²) >= 11 is 5.76. The fourth-order valence-corrected chi connectivity index (χ4v) is 1.24. The topological polar surface area (TPSA) is 38.2 Å². The van der Waals surface area contributed by atoms with Crippen LogP contribution in [0.3, 0.4) is 0 Å². The molecule has 1 unspecified atom stereocenters. The maximum absolute atomic E-state index is 5.76. The van der Waals surface area contributed by atoms with Crippen LogP contribution in [0, 0.1) is 0 Å². The van der Waals surface area contributed by atoms with E-state index in [4.69, 9.17) is 16.3 Å². The fourth-order valence-electron chi connectivity index (χ4n) is 1.10. The Labute approximate surface area is 88.9 Å². The lowest BCUT2D eigenvalue weighted by atomic mass is 10.3. The maximum Gasteiger partial charge on any atom is 0.134 e. The molecule has 0 N–H and O–H groups in total. The zero-order valence-corrected chi connectivity index (χ0v) is 9.32. The van der Waals surface area contributed by atoms with E-state index in [-0.39, 0.29) is 6.04 Å². The molecule has 0 saturated heterocycles. The molecule has 1 aromatic heterocycles. The molecule has 1 atom stereocenters. The van der Waals surface area contributed by atoms with Gasteiger partial charge in [0.05, 0.1) is 12.6 Å². The van der Waals surface area contributed by atoms with Crippen molar-refractivity contribution in [2.24, 2.45) is 0 Å². The van der Waals surface area contributed by atoms with Crippen LogP contribution in [0.2, 0.25) is 5.15 Å². The Balaban J connectivity index is 2.73. The first-order valence-electron chi connectivity index (χ1n) is 4.34. The van der Waals surface area contributed by atoms with Gasteiger partial charge in [-0.15, -0.1) is 0 Å². The van der Waals surface area contributed by atoms with Crippen molar-refractivity contribution < 1.29 is 4.74 Å². The van der Waals surface area contributed by atoms with Gasteiger partial charge in [-0.25, -0.2) is 9.97 Å². The second-order valence-electron chi connectivity index (χ2n) is 3.11. The van der Waals surface area contributed by atoms with Gasteiger partial charge in [-0.1, -0.05) is 11.6 Å². The predicted octanol–water partition coefficient (Wildman–Crippen LogP) is 1.60. The first-order chi connectivity index (χ1) is 6.65. The van der Waals surface area contributed by atoms with Gasteiger partial charge in [-0.3, -0.25) is 0 Å². The number of ether oxygens (including phenoxy) is 1. The van der Waals surface area contributed by atoms with Gasteiger partial charge in [0.15, 0.2) is 0 Å². The third kappa shape index (κ3) is 2.82. The molecule has 1 aromatic rings. The molecule has 0 amide bonds. The van der Waals surface area contributed by atoms with Gasteiger partial charge in [0.1, 0.15) is 17.3 Å². The average molecular weight is 216 g/mol. The quantitative estimate of drug-likeness (QED) is 0.716. The van der Waals surface area contributed by atoms with Gasteiger partial charge in [0, 0.05) is 20.2 Å². The molecule has 0 bridgehead atoms. The molecule has 1 heterocycles. The summed E-state index contributed by atoms with van der Waals surface area (Å²) < 4.78 is 5.06. The van der Waals surface area contributed by atoms with Crippen molar-refractivity contribution in [3.63, 3.8) is 0 Å². The minimum Gasteiger partial charge on any atom is -0.383 e. The van der Waals surface area contributed by atoms with Crippen LogP contribution >= 0.6 is 11.6 Å². The fraction of sp³-hybridized carbons (Fsp3) is 0.556. The van der Waals surface area contributed by atoms with Gasteiger partial charge >= 0.3 is 0 Å². The summed E-state index contributed by atoms with van der Waals surface area (Å²) in [7, 11) is 3.62. The Morgan fingerprint density at radius 1 is 1.57 bits per heavy atom. The van der Waals surface area contributed by atoms with Gasteiger partial charge in [-0.2, -0.15) is 0 Å². The van der Waals surface area contributed by atoms with E-state index < -0.39 is 0 Å². The highest BCUT2D eigenvalue weighted by molar-refractivity contribution is 6.29. The van der Waals surface area contributed by atoms with E-state index >= 15 is 0 Å². The number of likely N-dealkylation sites (N-methyl/N-ethyl adjacent to an activating group) is 1. The highest BCUT2D eigenvalue weighted by atomic mass is 35.5. The van der Waals surface area contributed by atoms with Crippen molar-refractivity contribution >= 4 is 17.4 Å². The Morgan fingerprint density at radius 3 is 2.86 bits per heavy atom. The third-order valence-corrected chi connectivity index (χ3v) is 2.26. The first-order valence-corrected chi connectivity index (χ1v) is 4.72. The van der Waals surface area contributed by atoms with Crippen LogP contribution < -0.4 is 4.90 Å². The molecule has 0 fully saturated rings. The molecule has 5 heteroatoms. The summed E-state index contributed by atoms with van der Waals surface area (Å²) in [5, 5.41) is 0.450. The summed E-state index contributed by atoms with van der Waals surface area (Å²) in [4.78, 5) is 9.94. The normalized spacial score (nSPS) is 12.6. The number of halogens is 1. The minimum absolute atomic E-state index is 0.256. The Bertz CT molecular complexity index is 295. The molecule has 0 aromatic carbocycles. The number of anilines is 1. The van der Waals surface area contributed by atoms with E-state index in [2.05, 4.69) is 16.9 Å². The Kier molecular flexibility index (Phi) is 4.10. The first kappa shape index (κ1) is 11.2. The Morgan fingerprint density at radius 2 is 2.29 bits per heavy atom. The van der Waals surface area contributed by atoms with Gasteiger partial charge in [0.25, 0.3) is 0 Å². The number of rotatable bonds is 4. The van der Waals surface area contributed by atoms with Crippen molar-refractivity contribution in [1.29, 1.82) is 0 Å². The summed E-state index contributed by atoms with van der Waals surface area (Å²) in [6.07, 6.45) is 1.45. The van der Waals surface area contributed by atoms with Gasteiger partial charge in [0.2, 0.25) is 0 Å². The number of hydrogen-bond donors (Lipinski definition) is 0. The molecule has 0 aliphatic rings. The average Bonchev–Trinajstić information content (AvgIpc) is 2.17. The minimum atomic E-state index is 0.256. The molecule has 14 heavy (non-hydrogen) atoms. The van der Waals surface area contributed by atoms with E-state index in [1.54, 1.807) is 13.2 Å². The van der Waals surface area contributed by atoms with E-state index in [0.29, 0.717) is 11.8 Å². The van der Waals surface area contributed by atoms with E-state index in [1.807, 2.05) is 11.9 Å². The molecule has 4 nitrogen and oxygen atoms in total. The van der Waals surface area contributed by atoms with E-state index in [9.17, 15) is 0 Å². The number of hydrogen-bond acceptors (Lipinski definition) is 4. The Hall–Kier alpha value is -0.870. The molecule has 0 aliphatic heterocycles. The van der Waals surface area contributed by atoms with Crippen LogP contribution in [-0.2, 0) is 4.74 Å². The molecular formula is C9H14ClN3O. The SMILES string of the molecule is COCC(C)N(C)c1cc(Cl)ncn1. The zero-order chi connectivity index (χ0) is 10.6. The van der Waals surface area contributed by atoms with Crippen LogP contribution in [0.1, 0.15) is 6.92 Å². The highest BCUT2D eigenvalue weighted by Gasteiger charge is 2.10. The standard InChI is InChI=1S/C9H14ClN3O/c1-7(5-14-3)13(2)9-4-8(10)11-6-12-9/h4,6-7H,5H2,1-3H3. The molecule has 0 saturated carbocycles. The monoisotopic (exact) mass is 215 g/mol. The molecule has 0 radical (unpaired) electrons. The van der Waals surface area contributed by atoms with Crippen LogP contribution in [-0.4, -0.2) is 36.8 Å². The number of nitrogens with zero attached hydrogens (tertiary/aromatic N) is 3. The van der Waals surface area contributed by atoms with Crippen LogP contribution in [0.5, 0.6) is 0 Å². The summed E-state index contributed by atoms with van der Waals surface area (Å²) in [6, 6.07) is 1.99. The molecule has 1 rings (SSSR count). The third-order valence-electron chi connectivity index (χ3n) is 2.05. The largest absolute Gasteiger partial charge is 0.383 e. The lowest BCUT2D eigenvalue weighted by Gasteiger charge is -2.24. The smallest absolute Gasteiger partial charge is 0.134 e. The van der Waals surface area contributed by atoms with Gasteiger partial charge in [-0.05, 0) is 6.92 Å². The maximum atomic E-state index is 5.76. The van der Waals surface area contributed by atoms with E-state index in [0.717, 1.165) is 5.82 Å². The molecule has 0 spiro atoms.